The maximum absolute atomic E-state index is 13.3. The van der Waals surface area contributed by atoms with Crippen LogP contribution in [0.25, 0.3) is 10.9 Å². The second-order valence-corrected chi connectivity index (χ2v) is 11.9. The van der Waals surface area contributed by atoms with Crippen LogP contribution in [0.15, 0.2) is 49.3 Å². The third-order valence-electron chi connectivity index (χ3n) is 6.17. The molecule has 0 radical (unpaired) electrons. The van der Waals surface area contributed by atoms with E-state index >= 15 is 0 Å². The van der Waals surface area contributed by atoms with Crippen LogP contribution in [0.1, 0.15) is 24.5 Å². The van der Waals surface area contributed by atoms with E-state index in [0.29, 0.717) is 28.0 Å². The fourth-order valence-electron chi connectivity index (χ4n) is 4.26. The molecule has 3 aromatic rings. The molecule has 1 aromatic heterocycles. The topological polar surface area (TPSA) is 101 Å². The predicted octanol–water partition coefficient (Wildman–Crippen LogP) is 3.17. The highest BCUT2D eigenvalue weighted by atomic mass is 79.9. The number of aromatic amines is 1. The van der Waals surface area contributed by atoms with Gasteiger partial charge < -0.3 is 9.72 Å². The molecule has 4 rings (SSSR count). The molecule has 8 nitrogen and oxygen atoms in total. The molecule has 0 saturated carbocycles. The fourth-order valence-corrected chi connectivity index (χ4v) is 6.03. The van der Waals surface area contributed by atoms with Gasteiger partial charge in [-0.2, -0.15) is 0 Å². The predicted molar refractivity (Wildman–Crippen MR) is 136 cm³/mol. The summed E-state index contributed by atoms with van der Waals surface area (Å²) in [6.45, 7) is 3.70. The van der Waals surface area contributed by atoms with Crippen molar-refractivity contribution in [2.45, 2.75) is 37.4 Å². The number of benzene rings is 2. The minimum atomic E-state index is -3.57. The second-order valence-electron chi connectivity index (χ2n) is 8.35. The fraction of sp³-hybridized carbons (Fsp3) is 0.391. The lowest BCUT2D eigenvalue weighted by molar-refractivity contribution is 0.107. The van der Waals surface area contributed by atoms with Crippen LogP contribution in [-0.2, 0) is 27.7 Å². The van der Waals surface area contributed by atoms with E-state index in [0.717, 1.165) is 34.1 Å². The summed E-state index contributed by atoms with van der Waals surface area (Å²) in [5, 5.41) is 0.647. The number of hydrogen-bond acceptors (Lipinski definition) is 6. The maximum atomic E-state index is 13.3. The van der Waals surface area contributed by atoms with E-state index in [-0.39, 0.29) is 23.3 Å². The van der Waals surface area contributed by atoms with Gasteiger partial charge in [0.2, 0.25) is 0 Å². The Hall–Kier alpha value is -1.98. The molecule has 2 aromatic carbocycles. The van der Waals surface area contributed by atoms with Gasteiger partial charge in [0.25, 0.3) is 5.56 Å². The highest BCUT2D eigenvalue weighted by Gasteiger charge is 2.23. The lowest BCUT2D eigenvalue weighted by Gasteiger charge is -2.17. The summed E-state index contributed by atoms with van der Waals surface area (Å²) in [5.74, 6) is -0.109. The molecule has 34 heavy (non-hydrogen) atoms. The van der Waals surface area contributed by atoms with E-state index in [1.54, 1.807) is 19.2 Å². The van der Waals surface area contributed by atoms with Crippen molar-refractivity contribution in [1.29, 1.82) is 0 Å². The van der Waals surface area contributed by atoms with Gasteiger partial charge in [0.1, 0.15) is 0 Å². The molecule has 182 valence electrons. The number of H-pyrrole nitrogens is 1. The molecule has 0 unspecified atom stereocenters. The summed E-state index contributed by atoms with van der Waals surface area (Å²) in [5.41, 5.74) is 0.541. The van der Waals surface area contributed by atoms with Crippen molar-refractivity contribution in [2.75, 3.05) is 26.0 Å². The lowest BCUT2D eigenvalue weighted by atomic mass is 10.1. The quantitative estimate of drug-likeness (QED) is 0.468. The minimum absolute atomic E-state index is 0.0577. The van der Waals surface area contributed by atoms with E-state index in [2.05, 4.69) is 25.8 Å². The number of hydrogen-bond donors (Lipinski definition) is 1. The Kier molecular flexibility index (Phi) is 7.35. The molecular formula is C23H25BrClN3O5S. The highest BCUT2D eigenvalue weighted by molar-refractivity contribution is 9.10. The van der Waals surface area contributed by atoms with Gasteiger partial charge in [0.05, 0.1) is 34.2 Å². The first-order valence-electron chi connectivity index (χ1n) is 10.8. The number of likely N-dealkylation sites (tertiary alicyclic amines) is 1. The number of nitrogens with one attached hydrogen (secondary N) is 1. The average molecular weight is 571 g/mol. The Bertz CT molecular complexity index is 1470. The zero-order valence-corrected chi connectivity index (χ0v) is 22.0. The van der Waals surface area contributed by atoms with Gasteiger partial charge in [-0.1, -0.05) is 34.5 Å². The summed E-state index contributed by atoms with van der Waals surface area (Å²) in [4.78, 5) is 31.2. The Morgan fingerprint density at radius 1 is 1.18 bits per heavy atom. The van der Waals surface area contributed by atoms with Crippen molar-refractivity contribution in [3.8, 4) is 0 Å². The number of aromatic nitrogens is 2. The molecule has 2 heterocycles. The number of fused-ring (bicyclic) bond motifs is 1. The largest absolute Gasteiger partial charge is 0.380 e. The summed E-state index contributed by atoms with van der Waals surface area (Å²) in [6, 6.07) is 7.87. The number of rotatable bonds is 7. The van der Waals surface area contributed by atoms with Crippen LogP contribution in [0.4, 0.5) is 0 Å². The van der Waals surface area contributed by atoms with Crippen LogP contribution in [0, 0.1) is 0 Å². The number of nitrogens with zero attached hydrogens (tertiary/aromatic N) is 2. The van der Waals surface area contributed by atoms with E-state index in [1.165, 1.54) is 25.1 Å². The molecule has 0 amide bonds. The molecular weight excluding hydrogens is 546 g/mol. The van der Waals surface area contributed by atoms with E-state index in [9.17, 15) is 18.0 Å². The monoisotopic (exact) mass is 569 g/mol. The van der Waals surface area contributed by atoms with Gasteiger partial charge in [-0.25, -0.2) is 13.2 Å². The number of sulfone groups is 1. The zero-order chi connectivity index (χ0) is 24.6. The lowest BCUT2D eigenvalue weighted by Crippen LogP contribution is -2.35. The summed E-state index contributed by atoms with van der Waals surface area (Å²) < 4.78 is 32.3. The number of ether oxygens (including phenoxy) is 1. The summed E-state index contributed by atoms with van der Waals surface area (Å²) in [7, 11) is -1.86. The second kappa shape index (κ2) is 9.94. The van der Waals surface area contributed by atoms with Crippen molar-refractivity contribution < 1.29 is 13.2 Å². The smallest absolute Gasteiger partial charge is 0.329 e. The highest BCUT2D eigenvalue weighted by Crippen LogP contribution is 2.25. The molecule has 0 aliphatic carbocycles. The van der Waals surface area contributed by atoms with Crippen LogP contribution in [0.2, 0.25) is 5.02 Å². The van der Waals surface area contributed by atoms with Crippen LogP contribution >= 0.6 is 27.5 Å². The van der Waals surface area contributed by atoms with Crippen molar-refractivity contribution in [3.63, 3.8) is 0 Å². The third-order valence-corrected chi connectivity index (χ3v) is 8.97. The molecule has 1 N–H and O–H groups in total. The van der Waals surface area contributed by atoms with Crippen molar-refractivity contribution in [3.05, 3.63) is 71.8 Å². The Labute approximate surface area is 210 Å². The summed E-state index contributed by atoms with van der Waals surface area (Å²) in [6.07, 6.45) is 1.17. The van der Waals surface area contributed by atoms with Gasteiger partial charge in [-0.3, -0.25) is 14.3 Å². The first kappa shape index (κ1) is 25.1. The van der Waals surface area contributed by atoms with Crippen molar-refractivity contribution in [1.82, 2.24) is 14.5 Å². The van der Waals surface area contributed by atoms with Gasteiger partial charge in [-0.05, 0) is 47.9 Å². The van der Waals surface area contributed by atoms with Crippen LogP contribution in [-0.4, -0.2) is 54.9 Å². The summed E-state index contributed by atoms with van der Waals surface area (Å²) >= 11 is 9.65. The molecule has 1 saturated heterocycles. The first-order chi connectivity index (χ1) is 16.1. The van der Waals surface area contributed by atoms with Crippen LogP contribution in [0.3, 0.4) is 0 Å². The Morgan fingerprint density at radius 3 is 2.62 bits per heavy atom. The Balaban J connectivity index is 1.74. The minimum Gasteiger partial charge on any atom is -0.380 e. The Morgan fingerprint density at radius 2 is 1.94 bits per heavy atom. The standard InChI is InChI=1S/C23H25BrClN3O5S/c1-3-34(31,32)21-5-4-16(25)8-15(21)12-28-22(29)18-10-19(24)14(9-20(18)26-23(28)30)11-27-7-6-17(13-27)33-2/h4-5,8-10,17H,3,6-7,11-13H2,1-2H3,(H,26,30)/t17-/m1/s1. The molecule has 1 aliphatic heterocycles. The molecule has 11 heteroatoms. The van der Waals surface area contributed by atoms with Gasteiger partial charge in [-0.15, -0.1) is 0 Å². The third kappa shape index (κ3) is 5.01. The first-order valence-corrected chi connectivity index (χ1v) is 13.7. The number of halogens is 2. The molecule has 1 atom stereocenters. The maximum Gasteiger partial charge on any atom is 0.329 e. The van der Waals surface area contributed by atoms with Crippen LogP contribution in [0.5, 0.6) is 0 Å². The normalized spacial score (nSPS) is 17.0. The molecule has 0 spiro atoms. The van der Waals surface area contributed by atoms with Crippen molar-refractivity contribution >= 4 is 48.3 Å². The van der Waals surface area contributed by atoms with Gasteiger partial charge in [0, 0.05) is 36.2 Å². The number of methoxy groups -OCH3 is 1. The van der Waals surface area contributed by atoms with Gasteiger partial charge in [0.15, 0.2) is 9.84 Å². The van der Waals surface area contributed by atoms with E-state index in [4.69, 9.17) is 16.3 Å². The van der Waals surface area contributed by atoms with Crippen molar-refractivity contribution in [2.24, 2.45) is 0 Å². The molecule has 0 bridgehead atoms. The van der Waals surface area contributed by atoms with E-state index in [1.807, 2.05) is 0 Å². The zero-order valence-electron chi connectivity index (χ0n) is 18.8. The van der Waals surface area contributed by atoms with Crippen LogP contribution < -0.4 is 11.2 Å². The molecule has 1 fully saturated rings. The van der Waals surface area contributed by atoms with Gasteiger partial charge >= 0.3 is 5.69 Å². The average Bonchev–Trinajstić information content (AvgIpc) is 3.25. The molecule has 1 aliphatic rings. The van der Waals surface area contributed by atoms with E-state index < -0.39 is 21.1 Å². The SMILES string of the molecule is CCS(=O)(=O)c1ccc(Cl)cc1Cn1c(=O)[nH]c2cc(CN3CC[C@@H](OC)C3)c(Br)cc2c1=O.